The molecule has 1 fully saturated rings. The van der Waals surface area contributed by atoms with Crippen LogP contribution in [-0.2, 0) is 11.3 Å². The second-order valence-corrected chi connectivity index (χ2v) is 6.03. The van der Waals surface area contributed by atoms with Crippen molar-refractivity contribution >= 4 is 10.9 Å². The Morgan fingerprint density at radius 3 is 3.11 bits per heavy atom. The van der Waals surface area contributed by atoms with Gasteiger partial charge in [-0.25, -0.2) is 0 Å². The molecule has 1 aromatic heterocycles. The van der Waals surface area contributed by atoms with Crippen molar-refractivity contribution in [2.24, 2.45) is 0 Å². The fourth-order valence-electron chi connectivity index (χ4n) is 2.97. The summed E-state index contributed by atoms with van der Waals surface area (Å²) in [5.74, 6) is 0. The molecule has 0 amide bonds. The van der Waals surface area contributed by atoms with Gasteiger partial charge in [-0.2, -0.15) is 0 Å². The third-order valence-electron chi connectivity index (χ3n) is 3.96. The van der Waals surface area contributed by atoms with Crippen molar-refractivity contribution in [3.8, 4) is 0 Å². The van der Waals surface area contributed by atoms with Crippen molar-refractivity contribution in [3.63, 3.8) is 0 Å². The van der Waals surface area contributed by atoms with Crippen LogP contribution in [0.15, 0.2) is 30.5 Å². The summed E-state index contributed by atoms with van der Waals surface area (Å²) in [7, 11) is 0. The molecule has 1 aliphatic heterocycles. The molecule has 0 radical (unpaired) electrons. The molecule has 0 saturated carbocycles. The highest BCUT2D eigenvalue weighted by molar-refractivity contribution is 5.82. The van der Waals surface area contributed by atoms with Crippen molar-refractivity contribution in [2.75, 3.05) is 6.61 Å². The van der Waals surface area contributed by atoms with Gasteiger partial charge in [0.2, 0.25) is 0 Å². The molecule has 1 unspecified atom stereocenters. The first-order valence-electron chi connectivity index (χ1n) is 7.06. The third-order valence-corrected chi connectivity index (χ3v) is 3.96. The van der Waals surface area contributed by atoms with Crippen LogP contribution in [0.5, 0.6) is 0 Å². The maximum atomic E-state index is 5.76. The van der Waals surface area contributed by atoms with Gasteiger partial charge in [-0.3, -0.25) is 0 Å². The summed E-state index contributed by atoms with van der Waals surface area (Å²) < 4.78 is 5.76. The smallest absolute Gasteiger partial charge is 0.0641 e. The van der Waals surface area contributed by atoms with Crippen LogP contribution in [0.4, 0.5) is 0 Å². The van der Waals surface area contributed by atoms with E-state index in [1.165, 1.54) is 16.5 Å². The highest BCUT2D eigenvalue weighted by Crippen LogP contribution is 2.24. The van der Waals surface area contributed by atoms with Crippen LogP contribution in [0.3, 0.4) is 0 Å². The molecule has 2 N–H and O–H groups in total. The highest BCUT2D eigenvalue weighted by atomic mass is 16.5. The van der Waals surface area contributed by atoms with E-state index in [0.29, 0.717) is 6.04 Å². The average molecular weight is 258 g/mol. The van der Waals surface area contributed by atoms with Crippen molar-refractivity contribution in [3.05, 3.63) is 36.0 Å². The summed E-state index contributed by atoms with van der Waals surface area (Å²) >= 11 is 0. The quantitative estimate of drug-likeness (QED) is 0.887. The summed E-state index contributed by atoms with van der Waals surface area (Å²) in [5, 5.41) is 5.00. The van der Waals surface area contributed by atoms with Gasteiger partial charge in [0, 0.05) is 36.3 Å². The Bertz CT molecular complexity index is 559. The maximum Gasteiger partial charge on any atom is 0.0641 e. The highest BCUT2D eigenvalue weighted by Gasteiger charge is 2.28. The Hall–Kier alpha value is -1.32. The Balaban J connectivity index is 1.67. The fraction of sp³-hybridized carbons (Fsp3) is 0.500. The molecule has 1 atom stereocenters. The Morgan fingerprint density at radius 2 is 2.26 bits per heavy atom. The monoisotopic (exact) mass is 258 g/mol. The predicted octanol–water partition coefficient (Wildman–Crippen LogP) is 3.22. The summed E-state index contributed by atoms with van der Waals surface area (Å²) in [6, 6.07) is 9.14. The molecule has 1 saturated heterocycles. The fourth-order valence-corrected chi connectivity index (χ4v) is 2.97. The number of nitrogens with one attached hydrogen (secondary N) is 2. The lowest BCUT2D eigenvalue weighted by atomic mass is 9.94. The Kier molecular flexibility index (Phi) is 3.33. The molecular formula is C16H22N2O. The molecule has 0 aliphatic carbocycles. The number of hydrogen-bond donors (Lipinski definition) is 2. The predicted molar refractivity (Wildman–Crippen MR) is 78.2 cm³/mol. The molecule has 3 nitrogen and oxygen atoms in total. The first-order chi connectivity index (χ1) is 9.14. The van der Waals surface area contributed by atoms with E-state index in [9.17, 15) is 0 Å². The molecule has 0 bridgehead atoms. The number of benzene rings is 1. The number of ether oxygens (including phenoxy) is 1. The van der Waals surface area contributed by atoms with Crippen molar-refractivity contribution < 1.29 is 4.74 Å². The summed E-state index contributed by atoms with van der Waals surface area (Å²) in [6.45, 7) is 6.14. The maximum absolute atomic E-state index is 5.76. The second kappa shape index (κ2) is 4.99. The second-order valence-electron chi connectivity index (χ2n) is 6.03. The van der Waals surface area contributed by atoms with Gasteiger partial charge in [0.05, 0.1) is 5.60 Å². The summed E-state index contributed by atoms with van der Waals surface area (Å²) in [5.41, 5.74) is 2.59. The van der Waals surface area contributed by atoms with E-state index in [4.69, 9.17) is 4.74 Å². The summed E-state index contributed by atoms with van der Waals surface area (Å²) in [4.78, 5) is 3.26. The minimum Gasteiger partial charge on any atom is -0.375 e. The van der Waals surface area contributed by atoms with Crippen LogP contribution in [0.25, 0.3) is 10.9 Å². The number of H-pyrrole nitrogens is 1. The van der Waals surface area contributed by atoms with Crippen molar-refractivity contribution in [2.45, 2.75) is 44.9 Å². The number of rotatable bonds is 3. The number of aromatic amines is 1. The molecule has 19 heavy (non-hydrogen) atoms. The molecule has 1 aliphatic rings. The van der Waals surface area contributed by atoms with Gasteiger partial charge in [0.1, 0.15) is 0 Å². The van der Waals surface area contributed by atoms with Gasteiger partial charge < -0.3 is 15.0 Å². The molecular weight excluding hydrogens is 236 g/mol. The Morgan fingerprint density at radius 1 is 1.37 bits per heavy atom. The molecule has 3 rings (SSSR count). The first-order valence-corrected chi connectivity index (χ1v) is 7.06. The van der Waals surface area contributed by atoms with Gasteiger partial charge in [-0.1, -0.05) is 12.1 Å². The van der Waals surface area contributed by atoms with E-state index in [1.54, 1.807) is 0 Å². The van der Waals surface area contributed by atoms with Crippen LogP contribution in [0.2, 0.25) is 0 Å². The largest absolute Gasteiger partial charge is 0.375 e. The van der Waals surface area contributed by atoms with Gasteiger partial charge in [-0.05, 0) is 44.4 Å². The lowest BCUT2D eigenvalue weighted by molar-refractivity contribution is -0.0630. The van der Waals surface area contributed by atoms with E-state index in [0.717, 1.165) is 26.0 Å². The molecule has 2 heterocycles. The van der Waals surface area contributed by atoms with Gasteiger partial charge >= 0.3 is 0 Å². The zero-order valence-corrected chi connectivity index (χ0v) is 11.7. The van der Waals surface area contributed by atoms with Crippen LogP contribution in [0, 0.1) is 0 Å². The topological polar surface area (TPSA) is 37.0 Å². The van der Waals surface area contributed by atoms with E-state index < -0.39 is 0 Å². The number of fused-ring (bicyclic) bond motifs is 1. The zero-order valence-electron chi connectivity index (χ0n) is 11.7. The SMILES string of the molecule is CC1(C)CC(NCc2cccc3[nH]ccc23)CCO1. The molecule has 0 spiro atoms. The minimum atomic E-state index is 0.00993. The minimum absolute atomic E-state index is 0.00993. The lowest BCUT2D eigenvalue weighted by Gasteiger charge is -2.36. The van der Waals surface area contributed by atoms with Crippen LogP contribution >= 0.6 is 0 Å². The molecule has 102 valence electrons. The van der Waals surface area contributed by atoms with E-state index >= 15 is 0 Å². The first kappa shape index (κ1) is 12.7. The molecule has 3 heteroatoms. The number of aromatic nitrogens is 1. The normalized spacial score (nSPS) is 22.7. The van der Waals surface area contributed by atoms with E-state index in [2.05, 4.69) is 48.4 Å². The number of hydrogen-bond acceptors (Lipinski definition) is 2. The molecule has 2 aromatic rings. The lowest BCUT2D eigenvalue weighted by Crippen LogP contribution is -2.43. The zero-order chi connectivity index (χ0) is 13.3. The van der Waals surface area contributed by atoms with Gasteiger partial charge in [-0.15, -0.1) is 0 Å². The third kappa shape index (κ3) is 2.82. The van der Waals surface area contributed by atoms with Crippen LogP contribution < -0.4 is 5.32 Å². The summed E-state index contributed by atoms with van der Waals surface area (Å²) in [6.07, 6.45) is 4.19. The average Bonchev–Trinajstić information content (AvgIpc) is 2.84. The molecule has 1 aromatic carbocycles. The van der Waals surface area contributed by atoms with Crippen LogP contribution in [0.1, 0.15) is 32.3 Å². The van der Waals surface area contributed by atoms with E-state index in [-0.39, 0.29) is 5.60 Å². The van der Waals surface area contributed by atoms with Crippen LogP contribution in [-0.4, -0.2) is 23.2 Å². The van der Waals surface area contributed by atoms with Gasteiger partial charge in [0.15, 0.2) is 0 Å². The van der Waals surface area contributed by atoms with Crippen molar-refractivity contribution in [1.82, 2.24) is 10.3 Å². The van der Waals surface area contributed by atoms with Crippen molar-refractivity contribution in [1.29, 1.82) is 0 Å². The van der Waals surface area contributed by atoms with E-state index in [1.807, 2.05) is 6.20 Å². The standard InChI is InChI=1S/C16H22N2O/c1-16(2)10-13(7-9-19-16)18-11-12-4-3-5-15-14(12)6-8-17-15/h3-6,8,13,17-18H,7,9-11H2,1-2H3. The van der Waals surface area contributed by atoms with Gasteiger partial charge in [0.25, 0.3) is 0 Å². The Labute approximate surface area is 114 Å².